The van der Waals surface area contributed by atoms with Gasteiger partial charge in [-0.15, -0.1) is 0 Å². The van der Waals surface area contributed by atoms with E-state index in [-0.39, 0.29) is 12.6 Å². The lowest BCUT2D eigenvalue weighted by Crippen LogP contribution is -2.61. The van der Waals surface area contributed by atoms with Crippen molar-refractivity contribution in [3.63, 3.8) is 0 Å². The summed E-state index contributed by atoms with van der Waals surface area (Å²) < 4.78 is 5.36. The van der Waals surface area contributed by atoms with Gasteiger partial charge in [-0.25, -0.2) is 0 Å². The van der Waals surface area contributed by atoms with Crippen molar-refractivity contribution in [1.82, 2.24) is 10.2 Å². The first-order valence-electron chi connectivity index (χ1n) is 4.56. The van der Waals surface area contributed by atoms with Crippen LogP contribution < -0.4 is 5.32 Å². The molecule has 2 aliphatic rings. The molecule has 2 unspecified atom stereocenters. The molecule has 2 rings (SSSR count). The van der Waals surface area contributed by atoms with Crippen LogP contribution in [0.25, 0.3) is 0 Å². The van der Waals surface area contributed by atoms with Gasteiger partial charge in [-0.2, -0.15) is 0 Å². The Balaban J connectivity index is 1.90. The van der Waals surface area contributed by atoms with Crippen LogP contribution >= 0.6 is 0 Å². The van der Waals surface area contributed by atoms with Crippen LogP contribution in [-0.2, 0) is 4.74 Å². The molecule has 4 heteroatoms. The number of aliphatic hydroxyl groups is 1. The molecule has 0 bridgehead atoms. The van der Waals surface area contributed by atoms with Crippen molar-refractivity contribution in [2.24, 2.45) is 0 Å². The Morgan fingerprint density at radius 2 is 2.50 bits per heavy atom. The molecule has 0 aromatic carbocycles. The number of nitrogens with zero attached hydrogens (tertiary/aromatic N) is 1. The zero-order chi connectivity index (χ0) is 8.39. The maximum Gasteiger partial charge on any atom is 0.0634 e. The van der Waals surface area contributed by atoms with E-state index >= 15 is 0 Å². The van der Waals surface area contributed by atoms with Crippen LogP contribution in [-0.4, -0.2) is 61.5 Å². The monoisotopic (exact) mass is 172 g/mol. The van der Waals surface area contributed by atoms with Gasteiger partial charge in [0.1, 0.15) is 0 Å². The van der Waals surface area contributed by atoms with Crippen LogP contribution in [0, 0.1) is 0 Å². The summed E-state index contributed by atoms with van der Waals surface area (Å²) in [6.45, 7) is 4.85. The molecular weight excluding hydrogens is 156 g/mol. The molecule has 2 N–H and O–H groups in total. The van der Waals surface area contributed by atoms with E-state index in [2.05, 4.69) is 10.2 Å². The fourth-order valence-corrected chi connectivity index (χ4v) is 1.89. The van der Waals surface area contributed by atoms with Crippen LogP contribution in [0.4, 0.5) is 0 Å². The minimum absolute atomic E-state index is 0.240. The molecule has 2 heterocycles. The molecule has 4 nitrogen and oxygen atoms in total. The number of piperazine rings is 1. The minimum atomic E-state index is 0.240. The predicted molar refractivity (Wildman–Crippen MR) is 45.1 cm³/mol. The average Bonchev–Trinajstić information content (AvgIpc) is 2.17. The summed E-state index contributed by atoms with van der Waals surface area (Å²) in [4.78, 5) is 2.40. The average molecular weight is 172 g/mol. The van der Waals surface area contributed by atoms with E-state index in [1.807, 2.05) is 0 Å². The molecule has 0 aromatic heterocycles. The number of ether oxygens (including phenoxy) is 1. The summed E-state index contributed by atoms with van der Waals surface area (Å²) in [6, 6.07) is 0.792. The molecule has 0 aromatic rings. The molecule has 2 aliphatic heterocycles. The van der Waals surface area contributed by atoms with E-state index in [0.717, 1.165) is 32.8 Å². The molecule has 70 valence electrons. The standard InChI is InChI=1S/C8H16N2O2/c11-5-7-4-10-1-2-12-6-8(10)3-9-7/h7-9,11H,1-6H2. The van der Waals surface area contributed by atoms with E-state index in [4.69, 9.17) is 9.84 Å². The van der Waals surface area contributed by atoms with Gasteiger partial charge in [0.2, 0.25) is 0 Å². The fraction of sp³-hybridized carbons (Fsp3) is 1.00. The number of hydrogen-bond acceptors (Lipinski definition) is 4. The highest BCUT2D eigenvalue weighted by Crippen LogP contribution is 2.10. The van der Waals surface area contributed by atoms with Gasteiger partial charge in [0.15, 0.2) is 0 Å². The zero-order valence-electron chi connectivity index (χ0n) is 7.20. The van der Waals surface area contributed by atoms with Crippen molar-refractivity contribution in [3.05, 3.63) is 0 Å². The lowest BCUT2D eigenvalue weighted by molar-refractivity contribution is -0.0307. The van der Waals surface area contributed by atoms with Crippen molar-refractivity contribution in [2.75, 3.05) is 39.5 Å². The van der Waals surface area contributed by atoms with Crippen molar-refractivity contribution < 1.29 is 9.84 Å². The van der Waals surface area contributed by atoms with Gasteiger partial charge in [0.25, 0.3) is 0 Å². The molecular formula is C8H16N2O2. The van der Waals surface area contributed by atoms with Crippen LogP contribution in [0.5, 0.6) is 0 Å². The van der Waals surface area contributed by atoms with Gasteiger partial charge >= 0.3 is 0 Å². The lowest BCUT2D eigenvalue weighted by Gasteiger charge is -2.42. The molecule has 0 saturated carbocycles. The third-order valence-corrected chi connectivity index (χ3v) is 2.67. The summed E-state index contributed by atoms with van der Waals surface area (Å²) >= 11 is 0. The van der Waals surface area contributed by atoms with Crippen molar-refractivity contribution in [2.45, 2.75) is 12.1 Å². The van der Waals surface area contributed by atoms with Crippen LogP contribution in [0.3, 0.4) is 0 Å². The van der Waals surface area contributed by atoms with Crippen LogP contribution in [0.2, 0.25) is 0 Å². The van der Waals surface area contributed by atoms with Crippen LogP contribution in [0.1, 0.15) is 0 Å². The van der Waals surface area contributed by atoms with E-state index in [1.54, 1.807) is 0 Å². The second kappa shape index (κ2) is 3.70. The molecule has 2 fully saturated rings. The number of fused-ring (bicyclic) bond motifs is 1. The smallest absolute Gasteiger partial charge is 0.0634 e. The molecule has 0 amide bonds. The topological polar surface area (TPSA) is 44.7 Å². The molecule has 0 aliphatic carbocycles. The van der Waals surface area contributed by atoms with Gasteiger partial charge in [0.05, 0.1) is 19.8 Å². The van der Waals surface area contributed by atoms with Gasteiger partial charge < -0.3 is 15.2 Å². The molecule has 12 heavy (non-hydrogen) atoms. The number of hydrogen-bond donors (Lipinski definition) is 2. The molecule has 0 spiro atoms. The lowest BCUT2D eigenvalue weighted by atomic mass is 10.1. The Hall–Kier alpha value is -0.160. The maximum absolute atomic E-state index is 8.96. The van der Waals surface area contributed by atoms with Gasteiger partial charge in [-0.05, 0) is 0 Å². The number of aliphatic hydroxyl groups excluding tert-OH is 1. The van der Waals surface area contributed by atoms with E-state index in [0.29, 0.717) is 6.04 Å². The predicted octanol–water partition coefficient (Wildman–Crippen LogP) is -1.35. The first-order chi connectivity index (χ1) is 5.90. The Bertz CT molecular complexity index is 154. The first kappa shape index (κ1) is 8.44. The summed E-state index contributed by atoms with van der Waals surface area (Å²) in [6.07, 6.45) is 0. The highest BCUT2D eigenvalue weighted by Gasteiger charge is 2.29. The summed E-state index contributed by atoms with van der Waals surface area (Å²) in [5, 5.41) is 12.3. The number of nitrogens with one attached hydrogen (secondary N) is 1. The second-order valence-electron chi connectivity index (χ2n) is 3.51. The Morgan fingerprint density at radius 1 is 1.58 bits per heavy atom. The fourth-order valence-electron chi connectivity index (χ4n) is 1.89. The third-order valence-electron chi connectivity index (χ3n) is 2.67. The van der Waals surface area contributed by atoms with E-state index in [9.17, 15) is 0 Å². The molecule has 0 radical (unpaired) electrons. The van der Waals surface area contributed by atoms with Crippen molar-refractivity contribution in [3.8, 4) is 0 Å². The van der Waals surface area contributed by atoms with E-state index in [1.165, 1.54) is 0 Å². The zero-order valence-corrected chi connectivity index (χ0v) is 7.20. The number of rotatable bonds is 1. The second-order valence-corrected chi connectivity index (χ2v) is 3.51. The van der Waals surface area contributed by atoms with Crippen LogP contribution in [0.15, 0.2) is 0 Å². The Labute approximate surface area is 72.5 Å². The maximum atomic E-state index is 8.96. The summed E-state index contributed by atoms with van der Waals surface area (Å²) in [5.41, 5.74) is 0. The Morgan fingerprint density at radius 3 is 3.33 bits per heavy atom. The Kier molecular flexibility index (Phi) is 2.60. The third kappa shape index (κ3) is 1.61. The quantitative estimate of drug-likeness (QED) is 0.513. The summed E-state index contributed by atoms with van der Waals surface area (Å²) in [5.74, 6) is 0. The highest BCUT2D eigenvalue weighted by molar-refractivity contribution is 4.87. The first-order valence-corrected chi connectivity index (χ1v) is 4.56. The van der Waals surface area contributed by atoms with E-state index < -0.39 is 0 Å². The van der Waals surface area contributed by atoms with Crippen molar-refractivity contribution >= 4 is 0 Å². The normalized spacial score (nSPS) is 37.8. The minimum Gasteiger partial charge on any atom is -0.395 e. The van der Waals surface area contributed by atoms with Gasteiger partial charge in [-0.3, -0.25) is 4.90 Å². The number of morpholine rings is 1. The highest BCUT2D eigenvalue weighted by atomic mass is 16.5. The molecule has 2 atom stereocenters. The molecule has 2 saturated heterocycles. The SMILES string of the molecule is OCC1CN2CCOCC2CN1. The van der Waals surface area contributed by atoms with Gasteiger partial charge in [-0.1, -0.05) is 0 Å². The van der Waals surface area contributed by atoms with Gasteiger partial charge in [0, 0.05) is 31.7 Å². The summed E-state index contributed by atoms with van der Waals surface area (Å²) in [7, 11) is 0. The largest absolute Gasteiger partial charge is 0.395 e. The van der Waals surface area contributed by atoms with Crippen molar-refractivity contribution in [1.29, 1.82) is 0 Å².